The first-order valence-electron chi connectivity index (χ1n) is 10.2. The first-order valence-corrected chi connectivity index (χ1v) is 10.2. The molecule has 5 heteroatoms. The number of amides is 1. The summed E-state index contributed by atoms with van der Waals surface area (Å²) in [6, 6.07) is 10.4. The van der Waals surface area contributed by atoms with E-state index in [1.807, 2.05) is 21.7 Å². The molecule has 28 heavy (non-hydrogen) atoms. The maximum atomic E-state index is 13.4. The van der Waals surface area contributed by atoms with E-state index in [1.54, 1.807) is 0 Å². The summed E-state index contributed by atoms with van der Waals surface area (Å²) in [6.45, 7) is 13.5. The average Bonchev–Trinajstić information content (AvgIpc) is 3.24. The molecular formula is C23H30N4O. The SMILES string of the molecule is CC(C)c1cc(C(=O)N2CCc3c([nH]c4ccccc34)[C@H]2C)nn1C(C)(C)C. The van der Waals surface area contributed by atoms with Gasteiger partial charge in [-0.05, 0) is 57.7 Å². The highest BCUT2D eigenvalue weighted by molar-refractivity contribution is 5.93. The van der Waals surface area contributed by atoms with Crippen molar-refractivity contribution in [2.75, 3.05) is 6.54 Å². The molecular weight excluding hydrogens is 348 g/mol. The lowest BCUT2D eigenvalue weighted by atomic mass is 9.98. The Morgan fingerprint density at radius 1 is 1.25 bits per heavy atom. The second-order valence-corrected chi connectivity index (χ2v) is 9.18. The highest BCUT2D eigenvalue weighted by Crippen LogP contribution is 2.35. The van der Waals surface area contributed by atoms with Crippen LogP contribution in [0.1, 0.15) is 80.9 Å². The molecule has 0 saturated heterocycles. The molecule has 1 atom stereocenters. The third-order valence-electron chi connectivity index (χ3n) is 5.78. The normalized spacial score (nSPS) is 17.4. The largest absolute Gasteiger partial charge is 0.356 e. The fourth-order valence-electron chi connectivity index (χ4n) is 4.30. The van der Waals surface area contributed by atoms with Crippen LogP contribution in [-0.2, 0) is 12.0 Å². The van der Waals surface area contributed by atoms with Crippen LogP contribution in [0, 0.1) is 0 Å². The second kappa shape index (κ2) is 6.50. The Bertz CT molecular complexity index is 1030. The van der Waals surface area contributed by atoms with E-state index >= 15 is 0 Å². The monoisotopic (exact) mass is 378 g/mol. The molecule has 0 bridgehead atoms. The first kappa shape index (κ1) is 18.8. The molecule has 1 amide bonds. The van der Waals surface area contributed by atoms with E-state index in [0.29, 0.717) is 18.2 Å². The van der Waals surface area contributed by atoms with Crippen molar-refractivity contribution < 1.29 is 4.79 Å². The van der Waals surface area contributed by atoms with Gasteiger partial charge in [0.15, 0.2) is 5.69 Å². The summed E-state index contributed by atoms with van der Waals surface area (Å²) < 4.78 is 2.01. The van der Waals surface area contributed by atoms with Crippen LogP contribution in [0.15, 0.2) is 30.3 Å². The number of hydrogen-bond donors (Lipinski definition) is 1. The fraction of sp³-hybridized carbons (Fsp3) is 0.478. The van der Waals surface area contributed by atoms with Crippen molar-refractivity contribution in [3.05, 3.63) is 53.0 Å². The zero-order valence-corrected chi connectivity index (χ0v) is 17.7. The lowest BCUT2D eigenvalue weighted by molar-refractivity contribution is 0.0667. The van der Waals surface area contributed by atoms with Crippen LogP contribution in [-0.4, -0.2) is 32.1 Å². The van der Waals surface area contributed by atoms with Crippen LogP contribution >= 0.6 is 0 Å². The van der Waals surface area contributed by atoms with Gasteiger partial charge in [0.25, 0.3) is 5.91 Å². The van der Waals surface area contributed by atoms with E-state index in [0.717, 1.165) is 23.3 Å². The number of carbonyl (C=O) groups is 1. The van der Waals surface area contributed by atoms with Gasteiger partial charge in [-0.2, -0.15) is 5.10 Å². The number of para-hydroxylation sites is 1. The molecule has 0 radical (unpaired) electrons. The number of nitrogens with one attached hydrogen (secondary N) is 1. The predicted molar refractivity (Wildman–Crippen MR) is 113 cm³/mol. The standard InChI is InChI=1S/C23H30N4O/c1-14(2)20-13-19(25-27(20)23(4,5)6)22(28)26-12-11-17-16-9-7-8-10-18(16)24-21(17)15(26)3/h7-10,13-15,24H,11-12H2,1-6H3/t15-/m1/s1. The minimum atomic E-state index is -0.157. The lowest BCUT2D eigenvalue weighted by Gasteiger charge is -2.33. The maximum absolute atomic E-state index is 13.4. The second-order valence-electron chi connectivity index (χ2n) is 9.18. The molecule has 0 unspecified atom stereocenters. The minimum Gasteiger partial charge on any atom is -0.356 e. The molecule has 3 aromatic rings. The number of carbonyl (C=O) groups excluding carboxylic acids is 1. The molecule has 4 rings (SSSR count). The maximum Gasteiger partial charge on any atom is 0.274 e. The topological polar surface area (TPSA) is 53.9 Å². The van der Waals surface area contributed by atoms with Crippen molar-refractivity contribution in [3.8, 4) is 0 Å². The molecule has 1 aliphatic rings. The summed E-state index contributed by atoms with van der Waals surface area (Å²) >= 11 is 0. The van der Waals surface area contributed by atoms with Crippen LogP contribution in [0.25, 0.3) is 10.9 Å². The highest BCUT2D eigenvalue weighted by Gasteiger charge is 2.33. The quantitative estimate of drug-likeness (QED) is 0.682. The molecule has 1 N–H and O–H groups in total. The van der Waals surface area contributed by atoms with Gasteiger partial charge >= 0.3 is 0 Å². The van der Waals surface area contributed by atoms with Gasteiger partial charge in [0.1, 0.15) is 0 Å². The molecule has 2 aromatic heterocycles. The Kier molecular flexibility index (Phi) is 4.36. The number of H-pyrrole nitrogens is 1. The van der Waals surface area contributed by atoms with Gasteiger partial charge in [0, 0.05) is 28.8 Å². The van der Waals surface area contributed by atoms with Gasteiger partial charge in [0.2, 0.25) is 0 Å². The summed E-state index contributed by atoms with van der Waals surface area (Å²) in [5.74, 6) is 0.328. The Morgan fingerprint density at radius 3 is 2.61 bits per heavy atom. The summed E-state index contributed by atoms with van der Waals surface area (Å²) in [7, 11) is 0. The molecule has 1 aromatic carbocycles. The van der Waals surface area contributed by atoms with Crippen LogP contribution < -0.4 is 0 Å². The van der Waals surface area contributed by atoms with Gasteiger partial charge < -0.3 is 9.88 Å². The summed E-state index contributed by atoms with van der Waals surface area (Å²) in [6.07, 6.45) is 0.868. The lowest BCUT2D eigenvalue weighted by Crippen LogP contribution is -2.39. The Labute approximate surface area is 166 Å². The van der Waals surface area contributed by atoms with Crippen molar-refractivity contribution >= 4 is 16.8 Å². The van der Waals surface area contributed by atoms with E-state index in [2.05, 4.69) is 64.7 Å². The molecule has 148 valence electrons. The molecule has 1 aliphatic heterocycles. The zero-order valence-electron chi connectivity index (χ0n) is 17.7. The van der Waals surface area contributed by atoms with E-state index in [4.69, 9.17) is 5.10 Å². The number of aromatic amines is 1. The Morgan fingerprint density at radius 2 is 1.96 bits per heavy atom. The van der Waals surface area contributed by atoms with E-state index in [1.165, 1.54) is 10.9 Å². The highest BCUT2D eigenvalue weighted by atomic mass is 16.2. The van der Waals surface area contributed by atoms with Crippen molar-refractivity contribution in [2.45, 2.75) is 65.5 Å². The number of hydrogen-bond acceptors (Lipinski definition) is 2. The van der Waals surface area contributed by atoms with Gasteiger partial charge in [-0.1, -0.05) is 32.0 Å². The summed E-state index contributed by atoms with van der Waals surface area (Å²) in [4.78, 5) is 18.9. The smallest absolute Gasteiger partial charge is 0.274 e. The number of nitrogens with zero attached hydrogens (tertiary/aromatic N) is 3. The van der Waals surface area contributed by atoms with Crippen molar-refractivity contribution in [2.24, 2.45) is 0 Å². The third-order valence-corrected chi connectivity index (χ3v) is 5.78. The molecule has 3 heterocycles. The van der Waals surface area contributed by atoms with Gasteiger partial charge in [-0.3, -0.25) is 9.48 Å². The Hall–Kier alpha value is -2.56. The Balaban J connectivity index is 1.70. The predicted octanol–water partition coefficient (Wildman–Crippen LogP) is 5.00. The van der Waals surface area contributed by atoms with Crippen LogP contribution in [0.4, 0.5) is 0 Å². The average molecular weight is 379 g/mol. The summed E-state index contributed by atoms with van der Waals surface area (Å²) in [5, 5.41) is 6.00. The van der Waals surface area contributed by atoms with E-state index < -0.39 is 0 Å². The van der Waals surface area contributed by atoms with Gasteiger partial charge in [-0.15, -0.1) is 0 Å². The molecule has 0 fully saturated rings. The van der Waals surface area contributed by atoms with Crippen LogP contribution in [0.5, 0.6) is 0 Å². The number of fused-ring (bicyclic) bond motifs is 3. The van der Waals surface area contributed by atoms with Crippen molar-refractivity contribution in [1.29, 1.82) is 0 Å². The minimum absolute atomic E-state index is 0.00550. The van der Waals surface area contributed by atoms with E-state index in [9.17, 15) is 4.79 Å². The van der Waals surface area contributed by atoms with Crippen LogP contribution in [0.3, 0.4) is 0 Å². The van der Waals surface area contributed by atoms with Gasteiger partial charge in [0.05, 0.1) is 11.6 Å². The van der Waals surface area contributed by atoms with Gasteiger partial charge in [-0.25, -0.2) is 0 Å². The number of rotatable bonds is 2. The number of benzene rings is 1. The summed E-state index contributed by atoms with van der Waals surface area (Å²) in [5.41, 5.74) is 5.13. The first-order chi connectivity index (χ1) is 13.2. The van der Waals surface area contributed by atoms with Crippen LogP contribution in [0.2, 0.25) is 0 Å². The fourth-order valence-corrected chi connectivity index (χ4v) is 4.30. The molecule has 0 aliphatic carbocycles. The number of aromatic nitrogens is 3. The zero-order chi connectivity index (χ0) is 20.2. The molecule has 5 nitrogen and oxygen atoms in total. The third kappa shape index (κ3) is 2.93. The van der Waals surface area contributed by atoms with E-state index in [-0.39, 0.29) is 17.5 Å². The van der Waals surface area contributed by atoms with Crippen molar-refractivity contribution in [3.63, 3.8) is 0 Å². The van der Waals surface area contributed by atoms with Crippen molar-refractivity contribution in [1.82, 2.24) is 19.7 Å². The molecule has 0 saturated carbocycles. The molecule has 0 spiro atoms.